The van der Waals surface area contributed by atoms with Crippen LogP contribution >= 0.6 is 0 Å². The highest BCUT2D eigenvalue weighted by atomic mass is 16.6. The molecule has 84 valence electrons. The molecule has 0 atom stereocenters. The van der Waals surface area contributed by atoms with Gasteiger partial charge in [0.05, 0.1) is 12.3 Å². The molecule has 1 rings (SSSR count). The number of hydrogen-bond acceptors (Lipinski definition) is 3. The molecule has 2 N–H and O–H groups in total. The molecule has 0 bridgehead atoms. The van der Waals surface area contributed by atoms with Crippen molar-refractivity contribution in [1.29, 1.82) is 0 Å². The van der Waals surface area contributed by atoms with Crippen molar-refractivity contribution >= 4 is 11.4 Å². The van der Waals surface area contributed by atoms with Crippen molar-refractivity contribution < 1.29 is 4.84 Å². The van der Waals surface area contributed by atoms with Crippen LogP contribution in [-0.2, 0) is 4.84 Å². The first kappa shape index (κ1) is 11.9. The summed E-state index contributed by atoms with van der Waals surface area (Å²) < 4.78 is 0. The molecule has 0 radical (unpaired) electrons. The van der Waals surface area contributed by atoms with Gasteiger partial charge >= 0.3 is 0 Å². The Balaban J connectivity index is 2.58. The van der Waals surface area contributed by atoms with Crippen molar-refractivity contribution in [3.8, 4) is 0 Å². The summed E-state index contributed by atoms with van der Waals surface area (Å²) in [7, 11) is 0. The smallest absolute Gasteiger partial charge is 0.0743 e. The molecule has 0 spiro atoms. The molecule has 0 heterocycles. The Bertz CT molecular complexity index is 300. The molecule has 0 aromatic heterocycles. The van der Waals surface area contributed by atoms with Gasteiger partial charge in [-0.25, -0.2) is 0 Å². The topological polar surface area (TPSA) is 33.3 Å². The number of rotatable bonds is 6. The molecule has 1 aromatic carbocycles. The lowest BCUT2D eigenvalue weighted by Crippen LogP contribution is -2.04. The predicted molar refractivity (Wildman–Crippen MR) is 65.2 cm³/mol. The quantitative estimate of drug-likeness (QED) is 0.556. The third-order valence-electron chi connectivity index (χ3n) is 2.10. The Labute approximate surface area is 91.8 Å². The van der Waals surface area contributed by atoms with E-state index in [1.807, 2.05) is 12.1 Å². The molecule has 0 saturated carbocycles. The minimum atomic E-state index is 0.731. The monoisotopic (exact) mass is 208 g/mol. The second-order valence-electron chi connectivity index (χ2n) is 3.51. The standard InChI is InChI=1S/C12H20N2O/c1-4-8-15-14-12-7-6-11(13-5-2)9-10(12)3/h6-7,9,13-14H,4-5,8H2,1-3H3. The van der Waals surface area contributed by atoms with Crippen LogP contribution in [-0.4, -0.2) is 13.2 Å². The summed E-state index contributed by atoms with van der Waals surface area (Å²) in [5.74, 6) is 0. The fraction of sp³-hybridized carbons (Fsp3) is 0.500. The first-order valence-corrected chi connectivity index (χ1v) is 5.50. The molecule has 3 heteroatoms. The van der Waals surface area contributed by atoms with E-state index in [-0.39, 0.29) is 0 Å². The molecule has 0 amide bonds. The SMILES string of the molecule is CCCONc1ccc(NCC)cc1C. The molecule has 15 heavy (non-hydrogen) atoms. The van der Waals surface area contributed by atoms with E-state index in [1.54, 1.807) is 0 Å². The second kappa shape index (κ2) is 6.30. The van der Waals surface area contributed by atoms with Gasteiger partial charge in [-0.3, -0.25) is 10.3 Å². The fourth-order valence-corrected chi connectivity index (χ4v) is 1.32. The summed E-state index contributed by atoms with van der Waals surface area (Å²) in [5, 5.41) is 3.27. The van der Waals surface area contributed by atoms with E-state index in [4.69, 9.17) is 4.84 Å². The molecule has 0 aliphatic carbocycles. The van der Waals surface area contributed by atoms with Crippen molar-refractivity contribution in [2.45, 2.75) is 27.2 Å². The molecule has 0 aliphatic rings. The van der Waals surface area contributed by atoms with Gasteiger partial charge in [-0.1, -0.05) is 6.92 Å². The zero-order valence-electron chi connectivity index (χ0n) is 9.76. The van der Waals surface area contributed by atoms with Gasteiger partial charge < -0.3 is 5.32 Å². The van der Waals surface area contributed by atoms with E-state index < -0.39 is 0 Å². The first-order valence-electron chi connectivity index (χ1n) is 5.50. The van der Waals surface area contributed by atoms with Gasteiger partial charge in [0.1, 0.15) is 0 Å². The third kappa shape index (κ3) is 3.80. The molecular weight excluding hydrogens is 188 g/mol. The highest BCUT2D eigenvalue weighted by molar-refractivity contribution is 5.58. The number of aryl methyl sites for hydroxylation is 1. The Kier molecular flexibility index (Phi) is 4.98. The van der Waals surface area contributed by atoms with Crippen LogP contribution in [0.15, 0.2) is 18.2 Å². The normalized spacial score (nSPS) is 10.1. The van der Waals surface area contributed by atoms with Gasteiger partial charge in [0.15, 0.2) is 0 Å². The Morgan fingerprint density at radius 2 is 2.07 bits per heavy atom. The van der Waals surface area contributed by atoms with Crippen molar-refractivity contribution in [2.75, 3.05) is 23.9 Å². The zero-order valence-corrected chi connectivity index (χ0v) is 9.76. The van der Waals surface area contributed by atoms with E-state index in [0.29, 0.717) is 0 Å². The van der Waals surface area contributed by atoms with Gasteiger partial charge in [-0.05, 0) is 44.0 Å². The summed E-state index contributed by atoms with van der Waals surface area (Å²) >= 11 is 0. The van der Waals surface area contributed by atoms with E-state index in [9.17, 15) is 0 Å². The van der Waals surface area contributed by atoms with Gasteiger partial charge in [0.25, 0.3) is 0 Å². The molecule has 0 saturated heterocycles. The average molecular weight is 208 g/mol. The van der Waals surface area contributed by atoms with Crippen LogP contribution in [0.4, 0.5) is 11.4 Å². The molecule has 0 aliphatic heterocycles. The van der Waals surface area contributed by atoms with Crippen LogP contribution < -0.4 is 10.8 Å². The molecule has 0 fully saturated rings. The largest absolute Gasteiger partial charge is 0.385 e. The summed E-state index contributed by atoms with van der Waals surface area (Å²) in [6, 6.07) is 6.19. The highest BCUT2D eigenvalue weighted by Crippen LogP contribution is 2.19. The number of hydrogen-bond donors (Lipinski definition) is 2. The average Bonchev–Trinajstić information content (AvgIpc) is 2.22. The maximum atomic E-state index is 5.28. The van der Waals surface area contributed by atoms with Crippen LogP contribution in [0, 0.1) is 6.92 Å². The van der Waals surface area contributed by atoms with Crippen LogP contribution in [0.2, 0.25) is 0 Å². The van der Waals surface area contributed by atoms with Gasteiger partial charge in [0, 0.05) is 12.2 Å². The van der Waals surface area contributed by atoms with E-state index in [2.05, 4.69) is 37.6 Å². The van der Waals surface area contributed by atoms with Gasteiger partial charge in [-0.15, -0.1) is 0 Å². The van der Waals surface area contributed by atoms with E-state index in [1.165, 1.54) is 5.56 Å². The third-order valence-corrected chi connectivity index (χ3v) is 2.10. The maximum Gasteiger partial charge on any atom is 0.0743 e. The van der Waals surface area contributed by atoms with Crippen molar-refractivity contribution in [2.24, 2.45) is 0 Å². The van der Waals surface area contributed by atoms with Gasteiger partial charge in [-0.2, -0.15) is 0 Å². The predicted octanol–water partition coefficient (Wildman–Crippen LogP) is 3.18. The summed E-state index contributed by atoms with van der Waals surface area (Å²) in [4.78, 5) is 5.28. The molecule has 0 unspecified atom stereocenters. The lowest BCUT2D eigenvalue weighted by atomic mass is 10.2. The Hall–Kier alpha value is -1.22. The summed E-state index contributed by atoms with van der Waals surface area (Å²) in [6.07, 6.45) is 1.02. The highest BCUT2D eigenvalue weighted by Gasteiger charge is 1.98. The summed E-state index contributed by atoms with van der Waals surface area (Å²) in [6.45, 7) is 7.92. The van der Waals surface area contributed by atoms with Crippen LogP contribution in [0.25, 0.3) is 0 Å². The lowest BCUT2D eigenvalue weighted by molar-refractivity contribution is 0.194. The molecule has 3 nitrogen and oxygen atoms in total. The van der Waals surface area contributed by atoms with E-state index >= 15 is 0 Å². The van der Waals surface area contributed by atoms with Crippen molar-refractivity contribution in [3.63, 3.8) is 0 Å². The molecular formula is C12H20N2O. The van der Waals surface area contributed by atoms with Crippen molar-refractivity contribution in [1.82, 2.24) is 0 Å². The minimum Gasteiger partial charge on any atom is -0.385 e. The number of anilines is 2. The zero-order chi connectivity index (χ0) is 11.1. The summed E-state index contributed by atoms with van der Waals surface area (Å²) in [5.41, 5.74) is 6.32. The Morgan fingerprint density at radius 1 is 1.27 bits per heavy atom. The maximum absolute atomic E-state index is 5.28. The van der Waals surface area contributed by atoms with Crippen LogP contribution in [0.3, 0.4) is 0 Å². The lowest BCUT2D eigenvalue weighted by Gasteiger charge is -2.11. The minimum absolute atomic E-state index is 0.731. The van der Waals surface area contributed by atoms with Gasteiger partial charge in [0.2, 0.25) is 0 Å². The van der Waals surface area contributed by atoms with Crippen LogP contribution in [0.5, 0.6) is 0 Å². The number of nitrogens with one attached hydrogen (secondary N) is 2. The van der Waals surface area contributed by atoms with Crippen LogP contribution in [0.1, 0.15) is 25.8 Å². The van der Waals surface area contributed by atoms with E-state index in [0.717, 1.165) is 30.9 Å². The van der Waals surface area contributed by atoms with Crippen molar-refractivity contribution in [3.05, 3.63) is 23.8 Å². The fourth-order valence-electron chi connectivity index (χ4n) is 1.32. The molecule has 1 aromatic rings. The second-order valence-corrected chi connectivity index (χ2v) is 3.51. The first-order chi connectivity index (χ1) is 7.27. The Morgan fingerprint density at radius 3 is 2.67 bits per heavy atom. The number of benzene rings is 1.